The van der Waals surface area contributed by atoms with Gasteiger partial charge in [0.2, 0.25) is 5.91 Å². The molecule has 2 N–H and O–H groups in total. The minimum Gasteiger partial charge on any atom is -0.384 e. The maximum Gasteiger partial charge on any atom is 0.222 e. The van der Waals surface area contributed by atoms with Crippen LogP contribution in [0.15, 0.2) is 30.3 Å². The van der Waals surface area contributed by atoms with Crippen molar-refractivity contribution in [1.29, 1.82) is 0 Å². The van der Waals surface area contributed by atoms with E-state index in [4.69, 9.17) is 10.5 Å². The average Bonchev–Trinajstić information content (AvgIpc) is 2.74. The Hall–Kier alpha value is -1.39. The van der Waals surface area contributed by atoms with Crippen molar-refractivity contribution in [3.05, 3.63) is 35.9 Å². The van der Waals surface area contributed by atoms with E-state index in [2.05, 4.69) is 17.0 Å². The van der Waals surface area contributed by atoms with Crippen molar-refractivity contribution in [3.8, 4) is 0 Å². The fourth-order valence-corrected chi connectivity index (χ4v) is 2.64. The maximum atomic E-state index is 11.4. The summed E-state index contributed by atoms with van der Waals surface area (Å²) in [6.45, 7) is 3.07. The van der Waals surface area contributed by atoms with Crippen molar-refractivity contribution in [2.24, 2.45) is 17.6 Å². The molecule has 0 bridgehead atoms. The number of ether oxygens (including phenoxy) is 1. The Morgan fingerprint density at radius 3 is 2.72 bits per heavy atom. The Labute approximate surface area is 108 Å². The quantitative estimate of drug-likeness (QED) is 0.841. The van der Waals surface area contributed by atoms with Crippen LogP contribution < -0.4 is 5.73 Å². The summed E-state index contributed by atoms with van der Waals surface area (Å²) in [6, 6.07) is 10.3. The summed E-state index contributed by atoms with van der Waals surface area (Å²) in [7, 11) is 1.66. The summed E-state index contributed by atoms with van der Waals surface area (Å²) in [4.78, 5) is 13.7. The zero-order chi connectivity index (χ0) is 13.0. The van der Waals surface area contributed by atoms with Crippen molar-refractivity contribution in [2.75, 3.05) is 26.8 Å². The van der Waals surface area contributed by atoms with Crippen LogP contribution in [0.3, 0.4) is 0 Å². The highest BCUT2D eigenvalue weighted by Crippen LogP contribution is 2.24. The first kappa shape index (κ1) is 13.1. The molecule has 0 saturated carbocycles. The lowest BCUT2D eigenvalue weighted by molar-refractivity contribution is -0.123. The lowest BCUT2D eigenvalue weighted by Gasteiger charge is -2.15. The number of benzene rings is 1. The fraction of sp³-hybridized carbons (Fsp3) is 0.500. The fourth-order valence-electron chi connectivity index (χ4n) is 2.64. The molecule has 0 spiro atoms. The highest BCUT2D eigenvalue weighted by atomic mass is 16.5. The van der Waals surface area contributed by atoms with E-state index in [9.17, 15) is 4.79 Å². The number of primary amides is 1. The molecule has 1 aromatic rings. The number of rotatable bonds is 5. The zero-order valence-electron chi connectivity index (χ0n) is 10.7. The average molecular weight is 248 g/mol. The van der Waals surface area contributed by atoms with E-state index in [0.717, 1.165) is 19.6 Å². The van der Waals surface area contributed by atoms with Crippen LogP contribution >= 0.6 is 0 Å². The number of carbonyl (C=O) groups is 1. The standard InChI is InChI=1S/C14H20N2O2/c1-18-10-12-8-16(9-13(12)14(15)17)7-11-5-3-2-4-6-11/h2-6,12-13H,7-10H2,1H3,(H2,15,17)/t12-,13+/m1/s1. The molecule has 1 aromatic carbocycles. The minimum atomic E-state index is -0.215. The van der Waals surface area contributed by atoms with Crippen LogP contribution in [-0.2, 0) is 16.1 Å². The number of amides is 1. The van der Waals surface area contributed by atoms with Gasteiger partial charge >= 0.3 is 0 Å². The lowest BCUT2D eigenvalue weighted by atomic mass is 9.96. The summed E-state index contributed by atoms with van der Waals surface area (Å²) in [5.74, 6) is -0.0857. The van der Waals surface area contributed by atoms with Crippen LogP contribution in [0.5, 0.6) is 0 Å². The van der Waals surface area contributed by atoms with Gasteiger partial charge in [0.1, 0.15) is 0 Å². The van der Waals surface area contributed by atoms with Crippen LogP contribution in [-0.4, -0.2) is 37.6 Å². The number of nitrogens with zero attached hydrogens (tertiary/aromatic N) is 1. The first-order valence-corrected chi connectivity index (χ1v) is 6.25. The summed E-state index contributed by atoms with van der Waals surface area (Å²) in [6.07, 6.45) is 0. The van der Waals surface area contributed by atoms with Gasteiger partial charge in [-0.1, -0.05) is 30.3 Å². The molecule has 2 rings (SSSR count). The van der Waals surface area contributed by atoms with Crippen molar-refractivity contribution in [2.45, 2.75) is 6.54 Å². The molecule has 1 saturated heterocycles. The van der Waals surface area contributed by atoms with E-state index in [0.29, 0.717) is 6.61 Å². The highest BCUT2D eigenvalue weighted by Gasteiger charge is 2.36. The second-order valence-electron chi connectivity index (χ2n) is 4.90. The van der Waals surface area contributed by atoms with Crippen LogP contribution in [0.2, 0.25) is 0 Å². The normalized spacial score (nSPS) is 24.3. The van der Waals surface area contributed by atoms with Gasteiger partial charge in [-0.3, -0.25) is 9.69 Å². The second kappa shape index (κ2) is 5.98. The number of methoxy groups -OCH3 is 1. The summed E-state index contributed by atoms with van der Waals surface area (Å²) in [5.41, 5.74) is 6.72. The molecule has 2 atom stereocenters. The van der Waals surface area contributed by atoms with Gasteiger partial charge in [0.25, 0.3) is 0 Å². The molecular formula is C14H20N2O2. The zero-order valence-corrected chi connectivity index (χ0v) is 10.7. The van der Waals surface area contributed by atoms with Crippen molar-refractivity contribution < 1.29 is 9.53 Å². The third kappa shape index (κ3) is 3.09. The molecule has 1 heterocycles. The van der Waals surface area contributed by atoms with E-state index in [1.54, 1.807) is 7.11 Å². The van der Waals surface area contributed by atoms with Gasteiger partial charge in [0.05, 0.1) is 12.5 Å². The van der Waals surface area contributed by atoms with Crippen LogP contribution in [0.1, 0.15) is 5.56 Å². The number of likely N-dealkylation sites (tertiary alicyclic amines) is 1. The Morgan fingerprint density at radius 1 is 1.39 bits per heavy atom. The molecular weight excluding hydrogens is 228 g/mol. The summed E-state index contributed by atoms with van der Waals surface area (Å²) >= 11 is 0. The van der Waals surface area contributed by atoms with Gasteiger partial charge in [-0.2, -0.15) is 0 Å². The Morgan fingerprint density at radius 2 is 2.11 bits per heavy atom. The van der Waals surface area contributed by atoms with Gasteiger partial charge in [-0.05, 0) is 5.56 Å². The topological polar surface area (TPSA) is 55.6 Å². The molecule has 4 heteroatoms. The number of hydrogen-bond acceptors (Lipinski definition) is 3. The second-order valence-corrected chi connectivity index (χ2v) is 4.90. The van der Waals surface area contributed by atoms with Gasteiger partial charge in [0.15, 0.2) is 0 Å². The van der Waals surface area contributed by atoms with E-state index in [1.165, 1.54) is 5.56 Å². The number of nitrogens with two attached hydrogens (primary N) is 1. The van der Waals surface area contributed by atoms with E-state index >= 15 is 0 Å². The molecule has 0 aromatic heterocycles. The largest absolute Gasteiger partial charge is 0.384 e. The Bertz CT molecular complexity index is 394. The molecule has 0 aliphatic carbocycles. The smallest absolute Gasteiger partial charge is 0.222 e. The third-order valence-corrected chi connectivity index (χ3v) is 3.51. The SMILES string of the molecule is COC[C@H]1CN(Cc2ccccc2)C[C@@H]1C(N)=O. The van der Waals surface area contributed by atoms with Gasteiger partial charge in [-0.25, -0.2) is 0 Å². The minimum absolute atomic E-state index is 0.0892. The molecule has 1 fully saturated rings. The van der Waals surface area contributed by atoms with Crippen molar-refractivity contribution >= 4 is 5.91 Å². The molecule has 1 aliphatic heterocycles. The van der Waals surface area contributed by atoms with Crippen LogP contribution in [0.25, 0.3) is 0 Å². The van der Waals surface area contributed by atoms with Crippen LogP contribution in [0.4, 0.5) is 0 Å². The van der Waals surface area contributed by atoms with E-state index in [1.807, 2.05) is 18.2 Å². The van der Waals surface area contributed by atoms with Gasteiger partial charge < -0.3 is 10.5 Å². The van der Waals surface area contributed by atoms with E-state index in [-0.39, 0.29) is 17.7 Å². The molecule has 4 nitrogen and oxygen atoms in total. The van der Waals surface area contributed by atoms with Gasteiger partial charge in [0, 0.05) is 32.7 Å². The van der Waals surface area contributed by atoms with E-state index < -0.39 is 0 Å². The molecule has 1 amide bonds. The first-order chi connectivity index (χ1) is 8.70. The summed E-state index contributed by atoms with van der Waals surface area (Å²) in [5, 5.41) is 0. The lowest BCUT2D eigenvalue weighted by Crippen LogP contribution is -2.31. The Kier molecular flexibility index (Phi) is 4.33. The van der Waals surface area contributed by atoms with Crippen molar-refractivity contribution in [3.63, 3.8) is 0 Å². The predicted molar refractivity (Wildman–Crippen MR) is 69.8 cm³/mol. The predicted octanol–water partition coefficient (Wildman–Crippen LogP) is 0.866. The number of carbonyl (C=O) groups excluding carboxylic acids is 1. The third-order valence-electron chi connectivity index (χ3n) is 3.51. The highest BCUT2D eigenvalue weighted by molar-refractivity contribution is 5.77. The summed E-state index contributed by atoms with van der Waals surface area (Å²) < 4.78 is 5.17. The molecule has 18 heavy (non-hydrogen) atoms. The monoisotopic (exact) mass is 248 g/mol. The maximum absolute atomic E-state index is 11.4. The number of hydrogen-bond donors (Lipinski definition) is 1. The van der Waals surface area contributed by atoms with Crippen LogP contribution in [0, 0.1) is 11.8 Å². The molecule has 98 valence electrons. The molecule has 0 radical (unpaired) electrons. The molecule has 1 aliphatic rings. The first-order valence-electron chi connectivity index (χ1n) is 6.25. The van der Waals surface area contributed by atoms with Crippen molar-refractivity contribution in [1.82, 2.24) is 4.90 Å². The molecule has 0 unspecified atom stereocenters. The van der Waals surface area contributed by atoms with Gasteiger partial charge in [-0.15, -0.1) is 0 Å². The Balaban J connectivity index is 1.98.